The number of benzene rings is 2. The Kier molecular flexibility index (Phi) is 2.34. The molecule has 1 heterocycles. The monoisotopic (exact) mass is 237 g/mol. The second-order valence-corrected chi connectivity index (χ2v) is 4.00. The van der Waals surface area contributed by atoms with Crippen molar-refractivity contribution >= 4 is 16.6 Å². The molecule has 0 fully saturated rings. The van der Waals surface area contributed by atoms with Gasteiger partial charge in [-0.15, -0.1) is 0 Å². The van der Waals surface area contributed by atoms with E-state index in [0.717, 1.165) is 0 Å². The zero-order chi connectivity index (χ0) is 12.5. The highest BCUT2D eigenvalue weighted by molar-refractivity contribution is 5.77. The first kappa shape index (κ1) is 10.5. The van der Waals surface area contributed by atoms with Gasteiger partial charge in [0.15, 0.2) is 0 Å². The van der Waals surface area contributed by atoms with Crippen molar-refractivity contribution in [1.29, 1.82) is 0 Å². The molecule has 4 heteroatoms. The Balaban J connectivity index is 2.35. The Morgan fingerprint density at radius 3 is 2.56 bits per heavy atom. The van der Waals surface area contributed by atoms with Gasteiger partial charge < -0.3 is 5.73 Å². The highest BCUT2D eigenvalue weighted by Gasteiger charge is 2.06. The van der Waals surface area contributed by atoms with Crippen molar-refractivity contribution in [2.45, 2.75) is 0 Å². The van der Waals surface area contributed by atoms with Gasteiger partial charge in [0.25, 0.3) is 5.56 Å². The standard InChI is InChI=1S/C14H11N3O/c15-11-6-2-4-8-13(11)17-9-16-12-7-3-1-5-10(12)14(17)18/h1-9H,15H2. The van der Waals surface area contributed by atoms with Crippen LogP contribution in [0.25, 0.3) is 16.6 Å². The van der Waals surface area contributed by atoms with Crippen LogP contribution in [-0.4, -0.2) is 9.55 Å². The molecule has 3 rings (SSSR count). The molecule has 0 spiro atoms. The molecule has 4 nitrogen and oxygen atoms in total. The minimum Gasteiger partial charge on any atom is -0.397 e. The predicted molar refractivity (Wildman–Crippen MR) is 71.8 cm³/mol. The summed E-state index contributed by atoms with van der Waals surface area (Å²) in [6.45, 7) is 0. The third-order valence-electron chi connectivity index (χ3n) is 2.86. The Morgan fingerprint density at radius 1 is 1.00 bits per heavy atom. The molecule has 0 atom stereocenters. The fraction of sp³-hybridized carbons (Fsp3) is 0. The van der Waals surface area contributed by atoms with Crippen LogP contribution in [0.1, 0.15) is 0 Å². The molecule has 2 N–H and O–H groups in total. The van der Waals surface area contributed by atoms with Crippen LogP contribution in [0, 0.1) is 0 Å². The number of aromatic nitrogens is 2. The van der Waals surface area contributed by atoms with Crippen LogP contribution < -0.4 is 11.3 Å². The van der Waals surface area contributed by atoms with Crippen molar-refractivity contribution in [2.24, 2.45) is 0 Å². The number of hydrogen-bond donors (Lipinski definition) is 1. The Bertz CT molecular complexity index is 777. The van der Waals surface area contributed by atoms with Crippen molar-refractivity contribution in [2.75, 3.05) is 5.73 Å². The molecule has 0 aliphatic carbocycles. The number of rotatable bonds is 1. The molecule has 0 aliphatic rings. The maximum absolute atomic E-state index is 12.3. The van der Waals surface area contributed by atoms with Crippen LogP contribution >= 0.6 is 0 Å². The van der Waals surface area contributed by atoms with Crippen LogP contribution in [0.4, 0.5) is 5.69 Å². The van der Waals surface area contributed by atoms with Gasteiger partial charge in [0.2, 0.25) is 0 Å². The molecule has 0 saturated carbocycles. The predicted octanol–water partition coefficient (Wildman–Crippen LogP) is 1.97. The van der Waals surface area contributed by atoms with Gasteiger partial charge in [-0.2, -0.15) is 0 Å². The number of nitrogens with two attached hydrogens (primary N) is 1. The fourth-order valence-electron chi connectivity index (χ4n) is 1.95. The Morgan fingerprint density at radius 2 is 1.72 bits per heavy atom. The van der Waals surface area contributed by atoms with Gasteiger partial charge in [-0.25, -0.2) is 4.98 Å². The molecule has 0 radical (unpaired) electrons. The lowest BCUT2D eigenvalue weighted by Crippen LogP contribution is -2.19. The zero-order valence-electron chi connectivity index (χ0n) is 9.58. The summed E-state index contributed by atoms with van der Waals surface area (Å²) in [5, 5.41) is 0.586. The summed E-state index contributed by atoms with van der Waals surface area (Å²) < 4.78 is 1.47. The van der Waals surface area contributed by atoms with E-state index in [2.05, 4.69) is 4.98 Å². The van der Waals surface area contributed by atoms with Crippen molar-refractivity contribution in [3.8, 4) is 5.69 Å². The van der Waals surface area contributed by atoms with Gasteiger partial charge in [0.1, 0.15) is 6.33 Å². The third-order valence-corrected chi connectivity index (χ3v) is 2.86. The smallest absolute Gasteiger partial charge is 0.265 e. The van der Waals surface area contributed by atoms with Crippen LogP contribution in [-0.2, 0) is 0 Å². The molecule has 1 aromatic heterocycles. The van der Waals surface area contributed by atoms with E-state index in [1.807, 2.05) is 30.3 Å². The van der Waals surface area contributed by atoms with E-state index < -0.39 is 0 Å². The van der Waals surface area contributed by atoms with Gasteiger partial charge >= 0.3 is 0 Å². The second-order valence-electron chi connectivity index (χ2n) is 4.00. The third kappa shape index (κ3) is 1.55. The van der Waals surface area contributed by atoms with E-state index in [-0.39, 0.29) is 5.56 Å². The van der Waals surface area contributed by atoms with Gasteiger partial charge in [-0.05, 0) is 24.3 Å². The average Bonchev–Trinajstić information content (AvgIpc) is 2.41. The topological polar surface area (TPSA) is 60.9 Å². The fourth-order valence-corrected chi connectivity index (χ4v) is 1.95. The molecule has 0 amide bonds. The summed E-state index contributed by atoms with van der Waals surface area (Å²) in [4.78, 5) is 16.6. The molecule has 0 unspecified atom stereocenters. The van der Waals surface area contributed by atoms with Gasteiger partial charge in [-0.1, -0.05) is 24.3 Å². The molecule has 0 bridgehead atoms. The molecule has 3 aromatic rings. The first-order valence-corrected chi connectivity index (χ1v) is 5.58. The number of para-hydroxylation sites is 3. The summed E-state index contributed by atoms with van der Waals surface area (Å²) in [6, 6.07) is 14.5. The number of anilines is 1. The number of nitrogen functional groups attached to an aromatic ring is 1. The SMILES string of the molecule is Nc1ccccc1-n1cnc2ccccc2c1=O. The summed E-state index contributed by atoms with van der Waals surface area (Å²) in [6.07, 6.45) is 1.51. The number of hydrogen-bond acceptors (Lipinski definition) is 3. The van der Waals surface area contributed by atoms with Gasteiger partial charge in [0.05, 0.1) is 22.3 Å². The van der Waals surface area contributed by atoms with Gasteiger partial charge in [-0.3, -0.25) is 9.36 Å². The minimum absolute atomic E-state index is 0.112. The molecule has 88 valence electrons. The summed E-state index contributed by atoms with van der Waals surface area (Å²) in [5.41, 5.74) is 7.66. The van der Waals surface area contributed by atoms with Crippen LogP contribution in [0.5, 0.6) is 0 Å². The molecule has 0 aliphatic heterocycles. The van der Waals surface area contributed by atoms with E-state index in [0.29, 0.717) is 22.3 Å². The zero-order valence-corrected chi connectivity index (χ0v) is 9.58. The largest absolute Gasteiger partial charge is 0.397 e. The average molecular weight is 237 g/mol. The quantitative estimate of drug-likeness (QED) is 0.658. The first-order chi connectivity index (χ1) is 8.77. The van der Waals surface area contributed by atoms with Crippen molar-refractivity contribution in [3.63, 3.8) is 0 Å². The normalized spacial score (nSPS) is 10.7. The lowest BCUT2D eigenvalue weighted by molar-refractivity contribution is 0.966. The van der Waals surface area contributed by atoms with E-state index in [4.69, 9.17) is 5.73 Å². The van der Waals surface area contributed by atoms with Crippen molar-refractivity contribution in [1.82, 2.24) is 9.55 Å². The maximum Gasteiger partial charge on any atom is 0.265 e. The van der Waals surface area contributed by atoms with E-state index >= 15 is 0 Å². The Labute approximate surface area is 103 Å². The van der Waals surface area contributed by atoms with Crippen molar-refractivity contribution in [3.05, 3.63) is 65.2 Å². The molecular weight excluding hydrogens is 226 g/mol. The highest BCUT2D eigenvalue weighted by Crippen LogP contribution is 2.15. The lowest BCUT2D eigenvalue weighted by Gasteiger charge is -2.08. The first-order valence-electron chi connectivity index (χ1n) is 5.58. The second kappa shape index (κ2) is 4.00. The highest BCUT2D eigenvalue weighted by atomic mass is 16.1. The van der Waals surface area contributed by atoms with Crippen LogP contribution in [0.3, 0.4) is 0 Å². The Hall–Kier alpha value is -2.62. The molecule has 18 heavy (non-hydrogen) atoms. The van der Waals surface area contributed by atoms with E-state index in [9.17, 15) is 4.79 Å². The number of fused-ring (bicyclic) bond motifs is 1. The summed E-state index contributed by atoms with van der Waals surface area (Å²) >= 11 is 0. The molecule has 0 saturated heterocycles. The maximum atomic E-state index is 12.3. The van der Waals surface area contributed by atoms with E-state index in [1.54, 1.807) is 18.2 Å². The minimum atomic E-state index is -0.112. The summed E-state index contributed by atoms with van der Waals surface area (Å²) in [5.74, 6) is 0. The van der Waals surface area contributed by atoms with Crippen molar-refractivity contribution < 1.29 is 0 Å². The molecule has 2 aromatic carbocycles. The van der Waals surface area contributed by atoms with Crippen LogP contribution in [0.2, 0.25) is 0 Å². The number of nitrogens with zero attached hydrogens (tertiary/aromatic N) is 2. The van der Waals surface area contributed by atoms with E-state index in [1.165, 1.54) is 10.9 Å². The molecular formula is C14H11N3O. The lowest BCUT2D eigenvalue weighted by atomic mass is 10.2. The van der Waals surface area contributed by atoms with Crippen LogP contribution in [0.15, 0.2) is 59.7 Å². The summed E-state index contributed by atoms with van der Waals surface area (Å²) in [7, 11) is 0. The van der Waals surface area contributed by atoms with Gasteiger partial charge in [0, 0.05) is 0 Å².